The second kappa shape index (κ2) is 8.41. The molecule has 5 nitrogen and oxygen atoms in total. The monoisotopic (exact) mass is 403 g/mol. The van der Waals surface area contributed by atoms with Gasteiger partial charge in [-0.25, -0.2) is 4.98 Å². The number of hydrogen-bond donors (Lipinski definition) is 0. The number of thiazole rings is 1. The minimum absolute atomic E-state index is 0.0797. The van der Waals surface area contributed by atoms with E-state index in [1.54, 1.807) is 17.3 Å². The highest BCUT2D eigenvalue weighted by Crippen LogP contribution is 2.35. The highest BCUT2D eigenvalue weighted by molar-refractivity contribution is 7.22. The van der Waals surface area contributed by atoms with E-state index in [9.17, 15) is 4.79 Å². The van der Waals surface area contributed by atoms with Crippen molar-refractivity contribution in [2.45, 2.75) is 20.4 Å². The van der Waals surface area contributed by atoms with E-state index in [4.69, 9.17) is 9.72 Å². The van der Waals surface area contributed by atoms with Crippen LogP contribution in [0.15, 0.2) is 67.0 Å². The number of pyridine rings is 1. The maximum Gasteiger partial charge on any atom is 0.260 e. The summed E-state index contributed by atoms with van der Waals surface area (Å²) >= 11 is 1.49. The number of aromatic nitrogens is 2. The van der Waals surface area contributed by atoms with Crippen LogP contribution in [0.3, 0.4) is 0 Å². The van der Waals surface area contributed by atoms with Gasteiger partial charge in [0.1, 0.15) is 11.3 Å². The van der Waals surface area contributed by atoms with E-state index in [-0.39, 0.29) is 5.91 Å². The molecule has 0 saturated heterocycles. The smallest absolute Gasteiger partial charge is 0.260 e. The molecule has 0 fully saturated rings. The van der Waals surface area contributed by atoms with Gasteiger partial charge < -0.3 is 4.74 Å². The van der Waals surface area contributed by atoms with Crippen LogP contribution in [0.1, 0.15) is 28.4 Å². The Morgan fingerprint density at radius 1 is 1.10 bits per heavy atom. The number of aryl methyl sites for hydroxylation is 1. The molecule has 0 saturated carbocycles. The van der Waals surface area contributed by atoms with Crippen LogP contribution in [0.5, 0.6) is 5.75 Å². The fourth-order valence-corrected chi connectivity index (χ4v) is 4.14. The molecule has 0 aliphatic carbocycles. The molecule has 0 aliphatic heterocycles. The normalized spacial score (nSPS) is 10.8. The molecule has 0 spiro atoms. The Kier molecular flexibility index (Phi) is 5.53. The van der Waals surface area contributed by atoms with E-state index >= 15 is 0 Å². The van der Waals surface area contributed by atoms with Crippen molar-refractivity contribution >= 4 is 32.6 Å². The molecule has 0 N–H and O–H groups in total. The number of amides is 1. The summed E-state index contributed by atoms with van der Waals surface area (Å²) in [5, 5.41) is 0.643. The Bertz CT molecular complexity index is 1140. The van der Waals surface area contributed by atoms with Crippen molar-refractivity contribution in [2.75, 3.05) is 11.5 Å². The molecule has 0 bridgehead atoms. The molecule has 2 aromatic carbocycles. The van der Waals surface area contributed by atoms with Crippen LogP contribution in [0.2, 0.25) is 0 Å². The van der Waals surface area contributed by atoms with Crippen LogP contribution >= 0.6 is 11.3 Å². The van der Waals surface area contributed by atoms with Crippen LogP contribution in [-0.4, -0.2) is 22.5 Å². The summed E-state index contributed by atoms with van der Waals surface area (Å²) in [5.74, 6) is 0.654. The number of benzene rings is 2. The number of fused-ring (bicyclic) bond motifs is 1. The van der Waals surface area contributed by atoms with Crippen molar-refractivity contribution in [2.24, 2.45) is 0 Å². The molecule has 2 aromatic heterocycles. The third-order valence-corrected chi connectivity index (χ3v) is 5.63. The van der Waals surface area contributed by atoms with Gasteiger partial charge in [-0.05, 0) is 49.2 Å². The van der Waals surface area contributed by atoms with Crippen LogP contribution in [0.25, 0.3) is 10.2 Å². The van der Waals surface area contributed by atoms with Crippen molar-refractivity contribution in [3.63, 3.8) is 0 Å². The average molecular weight is 404 g/mol. The van der Waals surface area contributed by atoms with E-state index in [1.807, 2.05) is 68.4 Å². The van der Waals surface area contributed by atoms with Gasteiger partial charge in [-0.3, -0.25) is 14.7 Å². The molecular weight excluding hydrogens is 382 g/mol. The quantitative estimate of drug-likeness (QED) is 0.441. The Hall–Kier alpha value is -3.25. The third-order valence-electron chi connectivity index (χ3n) is 4.59. The fourth-order valence-electron chi connectivity index (χ4n) is 3.16. The maximum absolute atomic E-state index is 13.5. The summed E-state index contributed by atoms with van der Waals surface area (Å²) in [4.78, 5) is 24.2. The van der Waals surface area contributed by atoms with E-state index in [1.165, 1.54) is 11.3 Å². The summed E-state index contributed by atoms with van der Waals surface area (Å²) in [7, 11) is 0. The van der Waals surface area contributed by atoms with Crippen molar-refractivity contribution in [1.29, 1.82) is 0 Å². The number of anilines is 1. The topological polar surface area (TPSA) is 55.3 Å². The average Bonchev–Trinajstić information content (AvgIpc) is 3.18. The predicted octanol–water partition coefficient (Wildman–Crippen LogP) is 5.25. The summed E-state index contributed by atoms with van der Waals surface area (Å²) in [6, 6.07) is 17.3. The molecule has 6 heteroatoms. The highest BCUT2D eigenvalue weighted by atomic mass is 32.1. The Labute approximate surface area is 173 Å². The van der Waals surface area contributed by atoms with Crippen LogP contribution in [-0.2, 0) is 6.54 Å². The molecule has 4 aromatic rings. The number of carbonyl (C=O) groups is 1. The SMILES string of the molecule is CCOc1cccc2sc(N(Cc3cccnc3)C(=O)c3ccccc3C)nc12. The van der Waals surface area contributed by atoms with Gasteiger partial charge in [-0.2, -0.15) is 0 Å². The molecule has 1 amide bonds. The van der Waals surface area contributed by atoms with Crippen molar-refractivity contribution in [3.05, 3.63) is 83.7 Å². The molecule has 4 rings (SSSR count). The van der Waals surface area contributed by atoms with Gasteiger partial charge in [0.15, 0.2) is 5.13 Å². The number of ether oxygens (including phenoxy) is 1. The van der Waals surface area contributed by atoms with E-state index < -0.39 is 0 Å². The zero-order valence-electron chi connectivity index (χ0n) is 16.3. The Balaban J connectivity index is 1.80. The zero-order chi connectivity index (χ0) is 20.2. The molecule has 29 heavy (non-hydrogen) atoms. The van der Waals surface area contributed by atoms with Crippen molar-refractivity contribution in [1.82, 2.24) is 9.97 Å². The highest BCUT2D eigenvalue weighted by Gasteiger charge is 2.23. The van der Waals surface area contributed by atoms with E-state index in [2.05, 4.69) is 4.98 Å². The zero-order valence-corrected chi connectivity index (χ0v) is 17.1. The van der Waals surface area contributed by atoms with Crippen LogP contribution in [0, 0.1) is 6.92 Å². The lowest BCUT2D eigenvalue weighted by Gasteiger charge is -2.21. The predicted molar refractivity (Wildman–Crippen MR) is 117 cm³/mol. The number of hydrogen-bond acceptors (Lipinski definition) is 5. The van der Waals surface area contributed by atoms with Gasteiger partial charge in [0, 0.05) is 18.0 Å². The molecule has 146 valence electrons. The lowest BCUT2D eigenvalue weighted by molar-refractivity contribution is 0.0984. The van der Waals surface area contributed by atoms with Crippen molar-refractivity contribution < 1.29 is 9.53 Å². The maximum atomic E-state index is 13.5. The number of carbonyl (C=O) groups excluding carboxylic acids is 1. The number of rotatable bonds is 6. The molecular formula is C23H21N3O2S. The van der Waals surface area contributed by atoms with E-state index in [0.29, 0.717) is 23.8 Å². The first kappa shape index (κ1) is 19.1. The lowest BCUT2D eigenvalue weighted by Crippen LogP contribution is -2.31. The van der Waals surface area contributed by atoms with Crippen LogP contribution < -0.4 is 9.64 Å². The van der Waals surface area contributed by atoms with Gasteiger partial charge in [-0.1, -0.05) is 41.7 Å². The van der Waals surface area contributed by atoms with E-state index in [0.717, 1.165) is 27.1 Å². The molecule has 0 aliphatic rings. The first-order chi connectivity index (χ1) is 14.2. The Morgan fingerprint density at radius 3 is 2.72 bits per heavy atom. The van der Waals surface area contributed by atoms with Gasteiger partial charge >= 0.3 is 0 Å². The second-order valence-corrected chi connectivity index (χ2v) is 7.61. The van der Waals surface area contributed by atoms with Gasteiger partial charge in [0.05, 0.1) is 17.9 Å². The molecule has 0 atom stereocenters. The molecule has 2 heterocycles. The Morgan fingerprint density at radius 2 is 1.97 bits per heavy atom. The summed E-state index contributed by atoms with van der Waals surface area (Å²) in [6.45, 7) is 4.85. The second-order valence-electron chi connectivity index (χ2n) is 6.60. The fraction of sp³-hybridized carbons (Fsp3) is 0.174. The van der Waals surface area contributed by atoms with Gasteiger partial charge in [0.25, 0.3) is 5.91 Å². The number of nitrogens with zero attached hydrogens (tertiary/aromatic N) is 3. The van der Waals surface area contributed by atoms with Crippen LogP contribution in [0.4, 0.5) is 5.13 Å². The summed E-state index contributed by atoms with van der Waals surface area (Å²) < 4.78 is 6.71. The standard InChI is InChI=1S/C23H21N3O2S/c1-3-28-19-11-6-12-20-21(19)25-23(29-20)26(15-17-9-7-13-24-14-17)22(27)18-10-5-4-8-16(18)2/h4-14H,3,15H2,1-2H3. The minimum Gasteiger partial charge on any atom is -0.492 e. The number of para-hydroxylation sites is 1. The first-order valence-electron chi connectivity index (χ1n) is 9.46. The lowest BCUT2D eigenvalue weighted by atomic mass is 10.1. The van der Waals surface area contributed by atoms with Gasteiger partial charge in [-0.15, -0.1) is 0 Å². The minimum atomic E-state index is -0.0797. The van der Waals surface area contributed by atoms with Crippen molar-refractivity contribution in [3.8, 4) is 5.75 Å². The summed E-state index contributed by atoms with van der Waals surface area (Å²) in [5.41, 5.74) is 3.33. The summed E-state index contributed by atoms with van der Waals surface area (Å²) in [6.07, 6.45) is 3.50. The molecule has 0 radical (unpaired) electrons. The molecule has 0 unspecified atom stereocenters. The third kappa shape index (κ3) is 3.98. The first-order valence-corrected chi connectivity index (χ1v) is 10.3. The van der Waals surface area contributed by atoms with Gasteiger partial charge in [0.2, 0.25) is 0 Å². The largest absolute Gasteiger partial charge is 0.492 e.